The minimum absolute atomic E-state index is 0.299. The zero-order valence-electron chi connectivity index (χ0n) is 12.3. The Balaban J connectivity index is 1.69. The van der Waals surface area contributed by atoms with Gasteiger partial charge in [0.2, 0.25) is 0 Å². The summed E-state index contributed by atoms with van der Waals surface area (Å²) in [4.78, 5) is 28.2. The van der Waals surface area contributed by atoms with Crippen molar-refractivity contribution in [2.45, 2.75) is 39.0 Å². The lowest BCUT2D eigenvalue weighted by Crippen LogP contribution is -2.29. The standard InChI is InChI=1S/C14H16N4O3S/c1-3-9-14(22-6-15-9)17-13(20)12(19)16-10-7(2)18-21-11(10)8-4-5-8/h6,8H,3-5H2,1-2H3,(H,16,19)(H,17,20). The van der Waals surface area contributed by atoms with Crippen LogP contribution in [0.5, 0.6) is 0 Å². The van der Waals surface area contributed by atoms with Gasteiger partial charge in [0, 0.05) is 5.92 Å². The molecular weight excluding hydrogens is 304 g/mol. The van der Waals surface area contributed by atoms with Gasteiger partial charge in [0.15, 0.2) is 5.76 Å². The van der Waals surface area contributed by atoms with Crippen molar-refractivity contribution in [3.63, 3.8) is 0 Å². The van der Waals surface area contributed by atoms with Gasteiger partial charge in [-0.2, -0.15) is 0 Å². The molecule has 8 heteroatoms. The molecule has 1 saturated carbocycles. The maximum absolute atomic E-state index is 12.1. The molecule has 1 aliphatic carbocycles. The van der Waals surface area contributed by atoms with Crippen LogP contribution in [0.1, 0.15) is 42.8 Å². The summed E-state index contributed by atoms with van der Waals surface area (Å²) in [5, 5.41) is 9.67. The van der Waals surface area contributed by atoms with Crippen molar-refractivity contribution in [3.8, 4) is 0 Å². The molecule has 2 heterocycles. The molecule has 1 fully saturated rings. The average Bonchev–Trinajstić information content (AvgIpc) is 3.15. The van der Waals surface area contributed by atoms with Gasteiger partial charge in [-0.3, -0.25) is 9.59 Å². The molecule has 0 atom stereocenters. The average molecular weight is 320 g/mol. The number of anilines is 2. The molecule has 0 radical (unpaired) electrons. The monoisotopic (exact) mass is 320 g/mol. The fourth-order valence-electron chi connectivity index (χ4n) is 2.12. The molecule has 0 bridgehead atoms. The Morgan fingerprint density at radius 1 is 1.36 bits per heavy atom. The van der Waals surface area contributed by atoms with Crippen LogP contribution in [0.4, 0.5) is 10.7 Å². The first kappa shape index (κ1) is 14.7. The Morgan fingerprint density at radius 3 is 2.77 bits per heavy atom. The number of thiazole rings is 1. The topological polar surface area (TPSA) is 97.1 Å². The lowest BCUT2D eigenvalue weighted by atomic mass is 10.2. The molecule has 3 rings (SSSR count). The van der Waals surface area contributed by atoms with E-state index in [2.05, 4.69) is 20.8 Å². The van der Waals surface area contributed by atoms with Crippen LogP contribution >= 0.6 is 11.3 Å². The first-order valence-electron chi connectivity index (χ1n) is 7.11. The van der Waals surface area contributed by atoms with Gasteiger partial charge in [0.05, 0.1) is 11.2 Å². The second-order valence-electron chi connectivity index (χ2n) is 5.17. The molecule has 0 saturated heterocycles. The predicted octanol–water partition coefficient (Wildman–Crippen LogP) is 2.46. The van der Waals surface area contributed by atoms with Gasteiger partial charge in [0.25, 0.3) is 0 Å². The van der Waals surface area contributed by atoms with Crippen LogP contribution in [-0.2, 0) is 16.0 Å². The fourth-order valence-corrected chi connectivity index (χ4v) is 2.89. The van der Waals surface area contributed by atoms with Crippen LogP contribution < -0.4 is 10.6 Å². The number of aromatic nitrogens is 2. The second-order valence-corrected chi connectivity index (χ2v) is 6.03. The minimum Gasteiger partial charge on any atom is -0.359 e. The summed E-state index contributed by atoms with van der Waals surface area (Å²) in [6.45, 7) is 3.68. The number of nitrogens with zero attached hydrogens (tertiary/aromatic N) is 2. The molecule has 2 aromatic rings. The highest BCUT2D eigenvalue weighted by Crippen LogP contribution is 2.44. The number of nitrogens with one attached hydrogen (secondary N) is 2. The number of hydrogen-bond acceptors (Lipinski definition) is 6. The number of rotatable bonds is 4. The van der Waals surface area contributed by atoms with E-state index >= 15 is 0 Å². The lowest BCUT2D eigenvalue weighted by Gasteiger charge is -2.06. The highest BCUT2D eigenvalue weighted by molar-refractivity contribution is 7.14. The van der Waals surface area contributed by atoms with Crippen molar-refractivity contribution in [1.82, 2.24) is 10.1 Å². The molecule has 1 aliphatic rings. The molecule has 22 heavy (non-hydrogen) atoms. The molecule has 116 valence electrons. The van der Waals surface area contributed by atoms with E-state index in [0.717, 1.165) is 18.5 Å². The van der Waals surface area contributed by atoms with Gasteiger partial charge < -0.3 is 15.2 Å². The largest absolute Gasteiger partial charge is 0.359 e. The summed E-state index contributed by atoms with van der Waals surface area (Å²) in [5.74, 6) is -0.497. The van der Waals surface area contributed by atoms with Crippen LogP contribution in [0.25, 0.3) is 0 Å². The highest BCUT2D eigenvalue weighted by atomic mass is 32.1. The summed E-state index contributed by atoms with van der Waals surface area (Å²) in [6.07, 6.45) is 2.73. The molecule has 0 unspecified atom stereocenters. The Hall–Kier alpha value is -2.22. The molecule has 2 amide bonds. The third kappa shape index (κ3) is 2.87. The van der Waals surface area contributed by atoms with Crippen LogP contribution in [0.3, 0.4) is 0 Å². The number of aryl methyl sites for hydroxylation is 2. The lowest BCUT2D eigenvalue weighted by molar-refractivity contribution is -0.132. The van der Waals surface area contributed by atoms with E-state index in [9.17, 15) is 9.59 Å². The Kier molecular flexibility index (Phi) is 3.93. The van der Waals surface area contributed by atoms with Crippen LogP contribution in [-0.4, -0.2) is 22.0 Å². The zero-order valence-corrected chi connectivity index (χ0v) is 13.1. The number of carbonyl (C=O) groups is 2. The van der Waals surface area contributed by atoms with Crippen molar-refractivity contribution >= 4 is 33.8 Å². The molecule has 2 aromatic heterocycles. The maximum Gasteiger partial charge on any atom is 0.314 e. The maximum atomic E-state index is 12.1. The molecule has 2 N–H and O–H groups in total. The van der Waals surface area contributed by atoms with Crippen LogP contribution in [0, 0.1) is 6.92 Å². The van der Waals surface area contributed by atoms with Crippen molar-refractivity contribution in [2.24, 2.45) is 0 Å². The van der Waals surface area contributed by atoms with Crippen molar-refractivity contribution < 1.29 is 14.1 Å². The number of carbonyl (C=O) groups excluding carboxylic acids is 2. The van der Waals surface area contributed by atoms with Gasteiger partial charge in [-0.25, -0.2) is 4.98 Å². The predicted molar refractivity (Wildman–Crippen MR) is 82.0 cm³/mol. The SMILES string of the molecule is CCc1ncsc1NC(=O)C(=O)Nc1c(C)noc1C1CC1. The van der Waals surface area contributed by atoms with Gasteiger partial charge >= 0.3 is 11.8 Å². The molecule has 0 spiro atoms. The van der Waals surface area contributed by atoms with Crippen molar-refractivity contribution in [3.05, 3.63) is 22.7 Å². The van der Waals surface area contributed by atoms with Gasteiger partial charge in [-0.05, 0) is 26.2 Å². The minimum atomic E-state index is -0.733. The molecule has 7 nitrogen and oxygen atoms in total. The Labute approximate surface area is 131 Å². The second kappa shape index (κ2) is 5.88. The summed E-state index contributed by atoms with van der Waals surface area (Å²) < 4.78 is 5.24. The van der Waals surface area contributed by atoms with Gasteiger partial charge in [-0.1, -0.05) is 12.1 Å². The number of amides is 2. The van der Waals surface area contributed by atoms with Gasteiger partial charge in [-0.15, -0.1) is 11.3 Å². The van der Waals surface area contributed by atoms with E-state index in [1.54, 1.807) is 12.4 Å². The van der Waals surface area contributed by atoms with E-state index < -0.39 is 11.8 Å². The first-order chi connectivity index (χ1) is 10.6. The quantitative estimate of drug-likeness (QED) is 0.843. The van der Waals surface area contributed by atoms with E-state index in [0.29, 0.717) is 34.5 Å². The third-order valence-corrected chi connectivity index (χ3v) is 4.27. The molecule has 0 aromatic carbocycles. The smallest absolute Gasteiger partial charge is 0.314 e. The van der Waals surface area contributed by atoms with Crippen LogP contribution in [0.15, 0.2) is 10.0 Å². The van der Waals surface area contributed by atoms with Crippen molar-refractivity contribution in [2.75, 3.05) is 10.6 Å². The summed E-state index contributed by atoms with van der Waals surface area (Å²) in [6, 6.07) is 0. The Bertz CT molecular complexity index is 717. The summed E-state index contributed by atoms with van der Waals surface area (Å²) in [7, 11) is 0. The first-order valence-corrected chi connectivity index (χ1v) is 7.99. The fraction of sp³-hybridized carbons (Fsp3) is 0.429. The number of hydrogen-bond donors (Lipinski definition) is 2. The summed E-state index contributed by atoms with van der Waals surface area (Å²) >= 11 is 1.30. The van der Waals surface area contributed by atoms with Crippen LogP contribution in [0.2, 0.25) is 0 Å². The van der Waals surface area contributed by atoms with E-state index in [-0.39, 0.29) is 0 Å². The van der Waals surface area contributed by atoms with E-state index in [1.165, 1.54) is 11.3 Å². The van der Waals surface area contributed by atoms with E-state index in [4.69, 9.17) is 4.52 Å². The zero-order chi connectivity index (χ0) is 15.7. The third-order valence-electron chi connectivity index (χ3n) is 3.49. The molecular formula is C14H16N4O3S. The van der Waals surface area contributed by atoms with Crippen molar-refractivity contribution in [1.29, 1.82) is 0 Å². The summed E-state index contributed by atoms with van der Waals surface area (Å²) in [5.41, 5.74) is 3.51. The molecule has 0 aliphatic heterocycles. The normalized spacial score (nSPS) is 13.9. The Morgan fingerprint density at radius 2 is 2.09 bits per heavy atom. The highest BCUT2D eigenvalue weighted by Gasteiger charge is 2.33. The van der Waals surface area contributed by atoms with Gasteiger partial charge in [0.1, 0.15) is 16.4 Å². The van der Waals surface area contributed by atoms with E-state index in [1.807, 2.05) is 6.92 Å².